The van der Waals surface area contributed by atoms with Crippen LogP contribution in [0.15, 0.2) is 11.1 Å². The molecular weight excluding hydrogens is 393 g/mol. The van der Waals surface area contributed by atoms with E-state index in [-0.39, 0.29) is 17.0 Å². The predicted octanol–water partition coefficient (Wildman–Crippen LogP) is 1.30. The second-order valence-corrected chi connectivity index (χ2v) is 12.8. The van der Waals surface area contributed by atoms with E-state index in [0.717, 1.165) is 19.0 Å². The number of fused-ring (bicyclic) bond motifs is 1. The number of aliphatic hydroxyl groups excluding tert-OH is 2. The Morgan fingerprint density at radius 1 is 1.41 bits per heavy atom. The number of unbranched alkanes of at least 4 members (excludes halogenated alkanes) is 1. The van der Waals surface area contributed by atoms with E-state index in [4.69, 9.17) is 4.74 Å². The van der Waals surface area contributed by atoms with Crippen LogP contribution in [-0.4, -0.2) is 80.4 Å². The van der Waals surface area contributed by atoms with Crippen molar-refractivity contribution in [1.82, 2.24) is 19.5 Å². The molecule has 0 radical (unpaired) electrons. The topological polar surface area (TPSA) is 125 Å². The Morgan fingerprint density at radius 3 is 2.79 bits per heavy atom. The van der Waals surface area contributed by atoms with E-state index < -0.39 is 31.4 Å². The monoisotopic (exact) mass is 425 g/mol. The molecule has 2 aromatic rings. The first-order valence-corrected chi connectivity index (χ1v) is 13.1. The lowest BCUT2D eigenvalue weighted by molar-refractivity contribution is -0.0487. The summed E-state index contributed by atoms with van der Waals surface area (Å²) < 4.78 is 7.59. The number of aliphatic hydroxyl groups is 2. The molecule has 1 saturated heterocycles. The van der Waals surface area contributed by atoms with E-state index in [2.05, 4.69) is 46.8 Å². The molecule has 4 N–H and O–H groups in total. The van der Waals surface area contributed by atoms with Crippen LogP contribution in [0.3, 0.4) is 0 Å². The van der Waals surface area contributed by atoms with E-state index in [1.807, 2.05) is 6.92 Å². The number of nitrogens with zero attached hydrogens (tertiary/aromatic N) is 3. The maximum Gasteiger partial charge on any atom is 0.280 e. The number of aromatic nitrogens is 4. The molecule has 3 heterocycles. The zero-order valence-corrected chi connectivity index (χ0v) is 18.4. The number of rotatable bonds is 8. The lowest BCUT2D eigenvalue weighted by Gasteiger charge is -2.26. The summed E-state index contributed by atoms with van der Waals surface area (Å²) in [5, 5.41) is 24.4. The van der Waals surface area contributed by atoms with Crippen LogP contribution < -0.4 is 10.9 Å². The van der Waals surface area contributed by atoms with Crippen LogP contribution in [-0.2, 0) is 4.74 Å². The highest BCUT2D eigenvalue weighted by atomic mass is 31.2. The first-order valence-electron chi connectivity index (χ1n) is 10.0. The molecular formula is C19H32N5O4P. The second-order valence-electron chi connectivity index (χ2n) is 8.59. The number of anilines is 1. The first kappa shape index (κ1) is 22.0. The fourth-order valence-corrected chi connectivity index (χ4v) is 5.62. The summed E-state index contributed by atoms with van der Waals surface area (Å²) in [5.74, 6) is 0.377. The summed E-state index contributed by atoms with van der Waals surface area (Å²) in [6.07, 6.45) is 4.86. The van der Waals surface area contributed by atoms with Gasteiger partial charge in [-0.25, -0.2) is 4.98 Å². The van der Waals surface area contributed by atoms with Crippen LogP contribution in [0, 0.1) is 5.92 Å². The quantitative estimate of drug-likeness (QED) is 0.371. The molecule has 9 nitrogen and oxygen atoms in total. The van der Waals surface area contributed by atoms with Crippen LogP contribution in [0.2, 0.25) is 0 Å². The van der Waals surface area contributed by atoms with E-state index in [1.54, 1.807) is 0 Å². The van der Waals surface area contributed by atoms with Gasteiger partial charge in [0.05, 0.1) is 12.4 Å². The molecule has 10 heteroatoms. The molecule has 0 saturated carbocycles. The molecule has 0 spiro atoms. The number of hydrogen-bond acceptors (Lipinski definition) is 7. The molecule has 29 heavy (non-hydrogen) atoms. The Bertz CT molecular complexity index is 952. The fourth-order valence-electron chi connectivity index (χ4n) is 3.85. The first-order chi connectivity index (χ1) is 13.6. The Morgan fingerprint density at radius 2 is 2.14 bits per heavy atom. The number of imidazole rings is 1. The van der Waals surface area contributed by atoms with Crippen LogP contribution in [0.5, 0.6) is 0 Å². The lowest BCUT2D eigenvalue weighted by atomic mass is 10.0. The molecule has 1 aliphatic rings. The van der Waals surface area contributed by atoms with Crippen molar-refractivity contribution in [3.8, 4) is 0 Å². The smallest absolute Gasteiger partial charge is 0.280 e. The summed E-state index contributed by atoms with van der Waals surface area (Å²) in [6, 6.07) is 0. The van der Waals surface area contributed by atoms with Crippen molar-refractivity contribution in [3.05, 3.63) is 16.7 Å². The van der Waals surface area contributed by atoms with Crippen molar-refractivity contribution in [2.75, 3.05) is 31.4 Å². The van der Waals surface area contributed by atoms with Gasteiger partial charge in [-0.15, -0.1) is 13.2 Å². The van der Waals surface area contributed by atoms with Gasteiger partial charge in [0.15, 0.2) is 17.4 Å². The molecule has 0 aromatic carbocycles. The van der Waals surface area contributed by atoms with Crippen molar-refractivity contribution >= 4 is 30.3 Å². The third-order valence-electron chi connectivity index (χ3n) is 5.15. The average Bonchev–Trinajstić information content (AvgIpc) is 3.16. The van der Waals surface area contributed by atoms with Gasteiger partial charge in [-0.05, 0) is 31.8 Å². The van der Waals surface area contributed by atoms with E-state index in [1.165, 1.54) is 10.9 Å². The Kier molecular flexibility index (Phi) is 6.53. The van der Waals surface area contributed by atoms with Crippen molar-refractivity contribution in [2.24, 2.45) is 5.92 Å². The Balaban J connectivity index is 1.89. The summed E-state index contributed by atoms with van der Waals surface area (Å²) in [4.78, 5) is 23.6. The molecule has 0 aliphatic carbocycles. The molecule has 1 fully saturated rings. The highest BCUT2D eigenvalue weighted by Gasteiger charge is 2.46. The normalized spacial score (nSPS) is 26.1. The third kappa shape index (κ3) is 4.74. The number of ether oxygens (including phenoxy) is 1. The maximum atomic E-state index is 12.4. The summed E-state index contributed by atoms with van der Waals surface area (Å²) in [5.41, 5.74) is 0.106. The van der Waals surface area contributed by atoms with Gasteiger partial charge in [-0.2, -0.15) is 4.98 Å². The number of hydrogen-bond donors (Lipinski definition) is 4. The fraction of sp³-hybridized carbons (Fsp3) is 0.684. The van der Waals surface area contributed by atoms with Crippen LogP contribution in [0.4, 0.5) is 5.95 Å². The molecule has 5 atom stereocenters. The van der Waals surface area contributed by atoms with Gasteiger partial charge in [0.25, 0.3) is 5.56 Å². The number of aromatic amines is 1. The molecule has 2 aromatic heterocycles. The highest BCUT2D eigenvalue weighted by Crippen LogP contribution is 2.42. The molecule has 0 bridgehead atoms. The van der Waals surface area contributed by atoms with Gasteiger partial charge in [0.2, 0.25) is 5.95 Å². The summed E-state index contributed by atoms with van der Waals surface area (Å²) in [7, 11) is 0. The highest BCUT2D eigenvalue weighted by molar-refractivity contribution is 7.72. The van der Waals surface area contributed by atoms with Crippen LogP contribution in [0.1, 0.15) is 32.9 Å². The van der Waals surface area contributed by atoms with Gasteiger partial charge >= 0.3 is 0 Å². The molecule has 3 rings (SSSR count). The van der Waals surface area contributed by atoms with Crippen LogP contribution in [0.25, 0.3) is 11.2 Å². The second kappa shape index (κ2) is 8.60. The van der Waals surface area contributed by atoms with Crippen LogP contribution >= 0.6 is 6.89 Å². The molecule has 0 amide bonds. The molecule has 1 unspecified atom stereocenters. The van der Waals surface area contributed by atoms with E-state index >= 15 is 0 Å². The minimum absolute atomic E-state index is 0.0305. The average molecular weight is 425 g/mol. The van der Waals surface area contributed by atoms with E-state index in [9.17, 15) is 15.0 Å². The van der Waals surface area contributed by atoms with Gasteiger partial charge in [0, 0.05) is 6.54 Å². The zero-order chi connectivity index (χ0) is 21.3. The lowest BCUT2D eigenvalue weighted by Crippen LogP contribution is -2.36. The predicted molar refractivity (Wildman–Crippen MR) is 117 cm³/mol. The molecule has 162 valence electrons. The Labute approximate surface area is 170 Å². The van der Waals surface area contributed by atoms with Crippen molar-refractivity contribution in [3.63, 3.8) is 0 Å². The SMILES string of the molecule is C=P(C)(C)CC(C)[C@H]1O[C@@H](n2cnc3c(=O)[nH]c(NCCCC)nc32)[C@H](O)[C@@H]1O. The van der Waals surface area contributed by atoms with Gasteiger partial charge < -0.3 is 20.3 Å². The van der Waals surface area contributed by atoms with Gasteiger partial charge in [0.1, 0.15) is 12.2 Å². The van der Waals surface area contributed by atoms with Gasteiger partial charge in [-0.1, -0.05) is 20.3 Å². The minimum Gasteiger partial charge on any atom is -0.388 e. The number of H-pyrrole nitrogens is 1. The minimum atomic E-state index is -1.32. The van der Waals surface area contributed by atoms with Gasteiger partial charge in [-0.3, -0.25) is 14.3 Å². The maximum absolute atomic E-state index is 12.4. The third-order valence-corrected chi connectivity index (χ3v) is 6.71. The Hall–Kier alpha value is -1.67. The van der Waals surface area contributed by atoms with Crippen molar-refractivity contribution in [1.29, 1.82) is 0 Å². The van der Waals surface area contributed by atoms with Crippen molar-refractivity contribution < 1.29 is 14.9 Å². The standard InChI is InChI=1S/C19H32N5O4P/c1-6-7-8-20-19-22-16-12(17(27)23-19)21-10-24(16)18-14(26)13(25)15(28-18)11(2)9-29(3,4)5/h10-11,13-15,18,25-26H,3,6-9H2,1-2,4-5H3,(H2,20,22,23,27)/t11?,13-,14+,15+,18+/m0/s1. The molecule has 1 aliphatic heterocycles. The summed E-state index contributed by atoms with van der Waals surface area (Å²) >= 11 is 0. The summed E-state index contributed by atoms with van der Waals surface area (Å²) in [6.45, 7) is 7.70. The largest absolute Gasteiger partial charge is 0.388 e. The number of nitrogens with one attached hydrogen (secondary N) is 2. The van der Waals surface area contributed by atoms with E-state index in [0.29, 0.717) is 18.1 Å². The zero-order valence-electron chi connectivity index (χ0n) is 17.5. The van der Waals surface area contributed by atoms with Crippen molar-refractivity contribution in [2.45, 2.75) is 51.2 Å².